The number of hydrogen-bond acceptors (Lipinski definition) is 2. The second kappa shape index (κ2) is 4.68. The van der Waals surface area contributed by atoms with Crippen LogP contribution in [0.4, 0.5) is 0 Å². The molecule has 0 aromatic rings. The number of amides is 1. The first-order chi connectivity index (χ1) is 4.22. The van der Waals surface area contributed by atoms with Crippen molar-refractivity contribution in [3.8, 4) is 0 Å². The van der Waals surface area contributed by atoms with E-state index in [-0.39, 0.29) is 11.2 Å². The third-order valence-corrected chi connectivity index (χ3v) is 1.99. The van der Waals surface area contributed by atoms with Crippen LogP contribution in [-0.2, 0) is 4.79 Å². The molecule has 0 bridgehead atoms. The zero-order valence-corrected chi connectivity index (χ0v) is 6.92. The average Bonchev–Trinajstić information content (AvgIpc) is 1.87. The molecular weight excluding hydrogens is 134 g/mol. The van der Waals surface area contributed by atoms with Crippen LogP contribution in [0, 0.1) is 0 Å². The third-order valence-electron chi connectivity index (χ3n) is 1.07. The lowest BCUT2D eigenvalue weighted by molar-refractivity contribution is -0.120. The van der Waals surface area contributed by atoms with Gasteiger partial charge in [-0.05, 0) is 20.1 Å². The van der Waals surface area contributed by atoms with E-state index in [1.54, 1.807) is 11.8 Å². The van der Waals surface area contributed by atoms with Crippen molar-refractivity contribution >= 4 is 17.7 Å². The molecule has 0 aliphatic rings. The minimum absolute atomic E-state index is 0.0879. The third kappa shape index (κ3) is 3.40. The summed E-state index contributed by atoms with van der Waals surface area (Å²) in [7, 11) is 0. The summed E-state index contributed by atoms with van der Waals surface area (Å²) >= 11 is 1.56. The Morgan fingerprint density at radius 3 is 2.67 bits per heavy atom. The second-order valence-corrected chi connectivity index (χ2v) is 2.95. The monoisotopic (exact) mass is 147 g/mol. The number of nitrogens with one attached hydrogen (secondary N) is 1. The normalized spacial score (nSPS) is 12.8. The Morgan fingerprint density at radius 1 is 1.78 bits per heavy atom. The lowest BCUT2D eigenvalue weighted by atomic mass is 10.4. The van der Waals surface area contributed by atoms with Gasteiger partial charge in [0.25, 0.3) is 0 Å². The van der Waals surface area contributed by atoms with Gasteiger partial charge >= 0.3 is 0 Å². The van der Waals surface area contributed by atoms with Crippen LogP contribution in [0.5, 0.6) is 0 Å². The van der Waals surface area contributed by atoms with Crippen molar-refractivity contribution in [3.63, 3.8) is 0 Å². The molecular formula is C6H13NOS. The molecule has 0 aliphatic heterocycles. The van der Waals surface area contributed by atoms with Gasteiger partial charge in [0.15, 0.2) is 0 Å². The fourth-order valence-corrected chi connectivity index (χ4v) is 0.722. The lowest BCUT2D eigenvalue weighted by Crippen LogP contribution is -2.30. The van der Waals surface area contributed by atoms with Crippen LogP contribution in [0.25, 0.3) is 0 Å². The van der Waals surface area contributed by atoms with Gasteiger partial charge in [0.2, 0.25) is 5.91 Å². The van der Waals surface area contributed by atoms with Crippen LogP contribution in [0.1, 0.15) is 13.8 Å². The zero-order valence-electron chi connectivity index (χ0n) is 6.10. The molecule has 0 saturated heterocycles. The van der Waals surface area contributed by atoms with E-state index in [1.165, 1.54) is 0 Å². The van der Waals surface area contributed by atoms with E-state index in [2.05, 4.69) is 5.32 Å². The molecule has 2 nitrogen and oxygen atoms in total. The fraction of sp³-hybridized carbons (Fsp3) is 0.833. The first-order valence-electron chi connectivity index (χ1n) is 3.02. The van der Waals surface area contributed by atoms with E-state index >= 15 is 0 Å². The van der Waals surface area contributed by atoms with Crippen LogP contribution in [0.3, 0.4) is 0 Å². The second-order valence-electron chi connectivity index (χ2n) is 1.77. The van der Waals surface area contributed by atoms with Gasteiger partial charge < -0.3 is 5.32 Å². The number of hydrogen-bond donors (Lipinski definition) is 1. The van der Waals surface area contributed by atoms with E-state index in [0.29, 0.717) is 0 Å². The van der Waals surface area contributed by atoms with Crippen LogP contribution in [-0.4, -0.2) is 24.0 Å². The molecule has 0 aliphatic carbocycles. The quantitative estimate of drug-likeness (QED) is 0.642. The standard InChI is InChI=1S/C6H13NOS/c1-4-7-6(8)5(2)9-3/h5H,4H2,1-3H3,(H,7,8). The number of carbonyl (C=O) groups excluding carboxylic acids is 1. The number of thioether (sulfide) groups is 1. The van der Waals surface area contributed by atoms with Crippen molar-refractivity contribution in [3.05, 3.63) is 0 Å². The highest BCUT2D eigenvalue weighted by Crippen LogP contribution is 2.03. The van der Waals surface area contributed by atoms with Gasteiger partial charge in [0, 0.05) is 6.54 Å². The van der Waals surface area contributed by atoms with Crippen LogP contribution >= 0.6 is 11.8 Å². The number of rotatable bonds is 3. The van der Waals surface area contributed by atoms with Crippen LogP contribution in [0.15, 0.2) is 0 Å². The highest BCUT2D eigenvalue weighted by molar-refractivity contribution is 7.99. The van der Waals surface area contributed by atoms with Crippen LogP contribution in [0.2, 0.25) is 0 Å². The Labute approximate surface area is 60.4 Å². The molecule has 1 atom stereocenters. The van der Waals surface area contributed by atoms with Crippen molar-refractivity contribution in [2.75, 3.05) is 12.8 Å². The predicted molar refractivity (Wildman–Crippen MR) is 41.7 cm³/mol. The number of carbonyl (C=O) groups is 1. The first kappa shape index (κ1) is 8.82. The van der Waals surface area contributed by atoms with Gasteiger partial charge in [-0.3, -0.25) is 4.79 Å². The van der Waals surface area contributed by atoms with Crippen LogP contribution < -0.4 is 5.32 Å². The van der Waals surface area contributed by atoms with E-state index in [0.717, 1.165) is 6.54 Å². The predicted octanol–water partition coefficient (Wildman–Crippen LogP) is 0.874. The van der Waals surface area contributed by atoms with Gasteiger partial charge in [0.05, 0.1) is 5.25 Å². The lowest BCUT2D eigenvalue weighted by Gasteiger charge is -2.06. The maximum Gasteiger partial charge on any atom is 0.232 e. The molecule has 9 heavy (non-hydrogen) atoms. The van der Waals surface area contributed by atoms with Crippen molar-refractivity contribution in [2.24, 2.45) is 0 Å². The van der Waals surface area contributed by atoms with Gasteiger partial charge in [-0.25, -0.2) is 0 Å². The van der Waals surface area contributed by atoms with Gasteiger partial charge in [-0.1, -0.05) is 0 Å². The topological polar surface area (TPSA) is 29.1 Å². The van der Waals surface area contributed by atoms with Crippen molar-refractivity contribution in [1.82, 2.24) is 5.32 Å². The minimum atomic E-state index is 0.0879. The summed E-state index contributed by atoms with van der Waals surface area (Å²) in [6.07, 6.45) is 1.93. The molecule has 0 fully saturated rings. The molecule has 0 aromatic carbocycles. The van der Waals surface area contributed by atoms with E-state index < -0.39 is 0 Å². The summed E-state index contributed by atoms with van der Waals surface area (Å²) in [4.78, 5) is 10.8. The SMILES string of the molecule is CCNC(=O)C(C)SC. The molecule has 0 heterocycles. The Balaban J connectivity index is 3.46. The zero-order chi connectivity index (χ0) is 7.28. The Hall–Kier alpha value is -0.180. The summed E-state index contributed by atoms with van der Waals surface area (Å²) < 4.78 is 0. The molecule has 0 radical (unpaired) electrons. The molecule has 0 spiro atoms. The van der Waals surface area contributed by atoms with E-state index in [1.807, 2.05) is 20.1 Å². The fourth-order valence-electron chi connectivity index (χ4n) is 0.425. The first-order valence-corrected chi connectivity index (χ1v) is 4.31. The molecule has 1 N–H and O–H groups in total. The van der Waals surface area contributed by atoms with Gasteiger partial charge in [0.1, 0.15) is 0 Å². The summed E-state index contributed by atoms with van der Waals surface area (Å²) in [5, 5.41) is 2.82. The molecule has 0 saturated carbocycles. The Kier molecular flexibility index (Phi) is 4.58. The molecule has 1 amide bonds. The van der Waals surface area contributed by atoms with E-state index in [9.17, 15) is 4.79 Å². The summed E-state index contributed by atoms with van der Waals surface area (Å²) in [6, 6.07) is 0. The van der Waals surface area contributed by atoms with Crippen molar-refractivity contribution in [1.29, 1.82) is 0 Å². The molecule has 3 heteroatoms. The Morgan fingerprint density at radius 2 is 2.33 bits per heavy atom. The van der Waals surface area contributed by atoms with Crippen molar-refractivity contribution < 1.29 is 4.79 Å². The largest absolute Gasteiger partial charge is 0.355 e. The summed E-state index contributed by atoms with van der Waals surface area (Å²) in [6.45, 7) is 4.55. The maximum atomic E-state index is 10.8. The van der Waals surface area contributed by atoms with E-state index in [4.69, 9.17) is 0 Å². The highest BCUT2D eigenvalue weighted by Gasteiger charge is 2.07. The molecule has 54 valence electrons. The molecule has 0 rings (SSSR count). The average molecular weight is 147 g/mol. The summed E-state index contributed by atoms with van der Waals surface area (Å²) in [5.41, 5.74) is 0. The van der Waals surface area contributed by atoms with Crippen molar-refractivity contribution in [2.45, 2.75) is 19.1 Å². The van der Waals surface area contributed by atoms with Gasteiger partial charge in [-0.15, -0.1) is 0 Å². The minimum Gasteiger partial charge on any atom is -0.355 e. The molecule has 1 unspecified atom stereocenters. The Bertz CT molecular complexity index is 95.1. The smallest absolute Gasteiger partial charge is 0.232 e. The van der Waals surface area contributed by atoms with Gasteiger partial charge in [-0.2, -0.15) is 11.8 Å². The highest BCUT2D eigenvalue weighted by atomic mass is 32.2. The summed E-state index contributed by atoms with van der Waals surface area (Å²) in [5.74, 6) is 0.130. The maximum absolute atomic E-state index is 10.8. The molecule has 0 aromatic heterocycles.